The van der Waals surface area contributed by atoms with Crippen molar-refractivity contribution < 1.29 is 27.4 Å². The van der Waals surface area contributed by atoms with Crippen LogP contribution in [0.25, 0.3) is 10.8 Å². The van der Waals surface area contributed by atoms with Gasteiger partial charge < -0.3 is 9.47 Å². The number of nitrogens with zero attached hydrogens (tertiary/aromatic N) is 2. The number of anilines is 1. The van der Waals surface area contributed by atoms with E-state index in [0.717, 1.165) is 32.6 Å². The Morgan fingerprint density at radius 1 is 0.974 bits per heavy atom. The highest BCUT2D eigenvalue weighted by molar-refractivity contribution is 8.00. The highest BCUT2D eigenvalue weighted by atomic mass is 32.2. The molecular weight excluding hydrogens is 513 g/mol. The smallest absolute Gasteiger partial charge is 0.462 e. The predicted octanol–water partition coefficient (Wildman–Crippen LogP) is 8.36. The number of hydrogen-bond acceptors (Lipinski definition) is 6. The minimum atomic E-state index is -4.74. The molecule has 0 radical (unpaired) electrons. The molecule has 0 N–H and O–H groups in total. The summed E-state index contributed by atoms with van der Waals surface area (Å²) in [6.07, 6.45) is -2.94. The van der Waals surface area contributed by atoms with Gasteiger partial charge in [0, 0.05) is 22.0 Å². The Kier molecular flexibility index (Phi) is 10.0. The van der Waals surface area contributed by atoms with Gasteiger partial charge in [-0.25, -0.2) is 9.78 Å². The van der Waals surface area contributed by atoms with Crippen LogP contribution in [0.15, 0.2) is 83.9 Å². The number of aryl methyl sites for hydroxylation is 1. The molecule has 0 atom stereocenters. The summed E-state index contributed by atoms with van der Waals surface area (Å²) in [6, 6.07) is 20.7. The molecular formula is C29H29F3N2O3S. The topological polar surface area (TPSA) is 51.7 Å². The van der Waals surface area contributed by atoms with Crippen molar-refractivity contribution in [2.24, 2.45) is 0 Å². The van der Waals surface area contributed by atoms with E-state index in [0.29, 0.717) is 18.7 Å². The number of carbonyl (C=O) groups is 1. The van der Waals surface area contributed by atoms with Crippen LogP contribution in [0.1, 0.15) is 42.3 Å². The molecule has 1 heterocycles. The van der Waals surface area contributed by atoms with Crippen molar-refractivity contribution in [2.45, 2.75) is 45.5 Å². The molecule has 9 heteroatoms. The number of pyridine rings is 1. The molecule has 0 bridgehead atoms. The normalized spacial score (nSPS) is 10.9. The van der Waals surface area contributed by atoms with E-state index < -0.39 is 6.36 Å². The van der Waals surface area contributed by atoms with E-state index in [1.54, 1.807) is 37.4 Å². The maximum absolute atomic E-state index is 12.5. The van der Waals surface area contributed by atoms with Gasteiger partial charge in [0.2, 0.25) is 0 Å². The molecule has 0 unspecified atom stereocenters. The summed E-state index contributed by atoms with van der Waals surface area (Å²) in [5.74, 6) is 0.0583. The number of aromatic nitrogens is 1. The van der Waals surface area contributed by atoms with Gasteiger partial charge in [-0.2, -0.15) is 0 Å². The molecule has 0 amide bonds. The molecule has 3 aromatic carbocycles. The molecule has 0 aliphatic heterocycles. The summed E-state index contributed by atoms with van der Waals surface area (Å²) in [5.41, 5.74) is 2.20. The van der Waals surface area contributed by atoms with Crippen LogP contribution in [0.5, 0.6) is 5.75 Å². The molecule has 38 heavy (non-hydrogen) atoms. The van der Waals surface area contributed by atoms with Crippen molar-refractivity contribution in [1.29, 1.82) is 0 Å². The highest BCUT2D eigenvalue weighted by Gasteiger charge is 2.31. The lowest BCUT2D eigenvalue weighted by Gasteiger charge is -2.25. The Labute approximate surface area is 224 Å². The Balaban J connectivity index is 0.00000195. The summed E-state index contributed by atoms with van der Waals surface area (Å²) < 4.78 is 48.6. The monoisotopic (exact) mass is 542 g/mol. The number of carbonyl (C=O) groups excluding carboxylic acids is 1. The fourth-order valence-corrected chi connectivity index (χ4v) is 4.65. The van der Waals surface area contributed by atoms with Gasteiger partial charge in [-0.1, -0.05) is 50.2 Å². The van der Waals surface area contributed by atoms with Crippen LogP contribution in [0, 0.1) is 6.92 Å². The zero-order chi connectivity index (χ0) is 27.7. The number of hydrogen-bond donors (Lipinski definition) is 0. The number of fused-ring (bicyclic) bond motifs is 1. The van der Waals surface area contributed by atoms with E-state index in [9.17, 15) is 18.0 Å². The van der Waals surface area contributed by atoms with E-state index in [4.69, 9.17) is 9.72 Å². The van der Waals surface area contributed by atoms with Crippen LogP contribution in [0.3, 0.4) is 0 Å². The third-order valence-corrected chi connectivity index (χ3v) is 6.33. The summed E-state index contributed by atoms with van der Waals surface area (Å²) in [5, 5.41) is 2.07. The first kappa shape index (κ1) is 28.8. The molecule has 0 aliphatic rings. The molecule has 0 saturated carbocycles. The summed E-state index contributed by atoms with van der Waals surface area (Å²) in [7, 11) is 0. The quantitative estimate of drug-likeness (QED) is 0.165. The van der Waals surface area contributed by atoms with E-state index in [1.807, 2.05) is 61.5 Å². The van der Waals surface area contributed by atoms with Gasteiger partial charge in [-0.05, 0) is 73.1 Å². The largest absolute Gasteiger partial charge is 0.573 e. The molecule has 5 nitrogen and oxygen atoms in total. The molecule has 4 aromatic rings. The van der Waals surface area contributed by atoms with E-state index in [2.05, 4.69) is 4.74 Å². The number of halogens is 3. The standard InChI is InChI=1S/C27H23F3N2O3S.C2H6/c1-3-34-26(33)20-10-14-23(15-11-20)36-32(17-19-8-12-22(13-9-19)35-27(28,29)30)25-18(2)24-7-5-4-6-21(24)16-31-25;1-2/h4-16H,3,17H2,1-2H3;1-2H3. The number of esters is 1. The Morgan fingerprint density at radius 2 is 1.63 bits per heavy atom. The number of benzene rings is 3. The molecule has 0 aliphatic carbocycles. The van der Waals surface area contributed by atoms with Gasteiger partial charge >= 0.3 is 12.3 Å². The SMILES string of the molecule is CC.CCOC(=O)c1ccc(SN(Cc2ccc(OC(F)(F)F)cc2)c2ncc3ccccc3c2C)cc1. The average Bonchev–Trinajstić information content (AvgIpc) is 2.91. The molecule has 0 spiro atoms. The van der Waals surface area contributed by atoms with Crippen LogP contribution < -0.4 is 9.04 Å². The lowest BCUT2D eigenvalue weighted by Crippen LogP contribution is -2.18. The number of alkyl halides is 3. The maximum atomic E-state index is 12.5. The van der Waals surface area contributed by atoms with E-state index in [-0.39, 0.29) is 11.7 Å². The summed E-state index contributed by atoms with van der Waals surface area (Å²) >= 11 is 1.41. The van der Waals surface area contributed by atoms with Gasteiger partial charge in [0.25, 0.3) is 0 Å². The van der Waals surface area contributed by atoms with Crippen molar-refractivity contribution in [3.8, 4) is 5.75 Å². The van der Waals surface area contributed by atoms with Gasteiger partial charge in [-0.3, -0.25) is 4.31 Å². The van der Waals surface area contributed by atoms with Crippen molar-refractivity contribution in [3.63, 3.8) is 0 Å². The van der Waals surface area contributed by atoms with Crippen LogP contribution in [0.2, 0.25) is 0 Å². The summed E-state index contributed by atoms with van der Waals surface area (Å²) in [4.78, 5) is 17.5. The zero-order valence-electron chi connectivity index (χ0n) is 21.6. The fraction of sp³-hybridized carbons (Fsp3) is 0.241. The van der Waals surface area contributed by atoms with Crippen LogP contribution in [-0.4, -0.2) is 23.9 Å². The molecule has 200 valence electrons. The van der Waals surface area contributed by atoms with Crippen molar-refractivity contribution in [3.05, 3.63) is 95.7 Å². The highest BCUT2D eigenvalue weighted by Crippen LogP contribution is 2.35. The molecule has 0 fully saturated rings. The first-order chi connectivity index (χ1) is 18.2. The maximum Gasteiger partial charge on any atom is 0.573 e. The third-order valence-electron chi connectivity index (χ3n) is 5.33. The number of rotatable bonds is 8. The van der Waals surface area contributed by atoms with E-state index in [1.165, 1.54) is 24.1 Å². The predicted molar refractivity (Wildman–Crippen MR) is 145 cm³/mol. The minimum Gasteiger partial charge on any atom is -0.462 e. The van der Waals surface area contributed by atoms with Crippen molar-refractivity contribution in [2.75, 3.05) is 10.9 Å². The molecule has 0 saturated heterocycles. The van der Waals surface area contributed by atoms with Crippen LogP contribution in [-0.2, 0) is 11.3 Å². The molecule has 1 aromatic heterocycles. The van der Waals surface area contributed by atoms with E-state index >= 15 is 0 Å². The molecule has 4 rings (SSSR count). The second kappa shape index (κ2) is 13.2. The lowest BCUT2D eigenvalue weighted by atomic mass is 10.1. The lowest BCUT2D eigenvalue weighted by molar-refractivity contribution is -0.274. The number of ether oxygens (including phenoxy) is 2. The second-order valence-electron chi connectivity index (χ2n) is 7.86. The summed E-state index contributed by atoms with van der Waals surface area (Å²) in [6.45, 7) is 8.40. The third kappa shape index (κ3) is 7.64. The fourth-order valence-electron chi connectivity index (χ4n) is 3.66. The first-order valence-corrected chi connectivity index (χ1v) is 12.9. The van der Waals surface area contributed by atoms with Crippen LogP contribution >= 0.6 is 11.9 Å². The van der Waals surface area contributed by atoms with Crippen LogP contribution in [0.4, 0.5) is 19.0 Å². The Morgan fingerprint density at radius 3 is 2.26 bits per heavy atom. The zero-order valence-corrected chi connectivity index (χ0v) is 22.4. The van der Waals surface area contributed by atoms with Crippen molar-refractivity contribution in [1.82, 2.24) is 4.98 Å². The second-order valence-corrected chi connectivity index (χ2v) is 8.95. The average molecular weight is 543 g/mol. The van der Waals surface area contributed by atoms with Gasteiger partial charge in [0.05, 0.1) is 18.7 Å². The first-order valence-electron chi connectivity index (χ1n) is 12.1. The minimum absolute atomic E-state index is 0.278. The van der Waals surface area contributed by atoms with Crippen molar-refractivity contribution >= 4 is 34.5 Å². The Bertz CT molecular complexity index is 1340. The van der Waals surface area contributed by atoms with Gasteiger partial charge in [-0.15, -0.1) is 13.2 Å². The van der Waals surface area contributed by atoms with Gasteiger partial charge in [0.15, 0.2) is 0 Å². The van der Waals surface area contributed by atoms with Gasteiger partial charge in [0.1, 0.15) is 11.6 Å². The Hall–Kier alpha value is -3.72.